The summed E-state index contributed by atoms with van der Waals surface area (Å²) >= 11 is 1.58. The Hall–Kier alpha value is -2.29. The molecule has 2 amide bonds. The molecule has 5 fully saturated rings. The first-order valence-electron chi connectivity index (χ1n) is 14.5. The largest absolute Gasteiger partial charge is 0.385 e. The number of benzene rings is 1. The van der Waals surface area contributed by atoms with E-state index in [9.17, 15) is 14.7 Å². The van der Waals surface area contributed by atoms with Crippen molar-refractivity contribution in [1.82, 2.24) is 14.2 Å². The predicted molar refractivity (Wildman–Crippen MR) is 149 cm³/mol. The van der Waals surface area contributed by atoms with Gasteiger partial charge >= 0.3 is 0 Å². The Morgan fingerprint density at radius 1 is 1.03 bits per heavy atom. The van der Waals surface area contributed by atoms with Crippen molar-refractivity contribution < 1.29 is 14.7 Å². The molecule has 3 heterocycles. The normalized spacial score (nSPS) is 37.4. The summed E-state index contributed by atoms with van der Waals surface area (Å²) in [5.41, 5.74) is -0.988. The summed E-state index contributed by atoms with van der Waals surface area (Å²) in [6.07, 6.45) is 7.63. The second kappa shape index (κ2) is 9.42. The molecule has 7 rings (SSSR count). The van der Waals surface area contributed by atoms with Gasteiger partial charge in [0.1, 0.15) is 5.82 Å². The fraction of sp³-hybridized carbons (Fsp3) is 0.633. The average molecular weight is 535 g/mol. The Morgan fingerprint density at radius 3 is 2.50 bits per heavy atom. The van der Waals surface area contributed by atoms with Crippen molar-refractivity contribution in [2.75, 3.05) is 44.2 Å². The average Bonchev–Trinajstić information content (AvgIpc) is 3.68. The molecular weight excluding hydrogens is 496 g/mol. The molecule has 202 valence electrons. The topological polar surface area (TPSA) is 77.0 Å². The zero-order valence-electron chi connectivity index (χ0n) is 22.0. The van der Waals surface area contributed by atoms with Gasteiger partial charge in [0.2, 0.25) is 11.8 Å². The van der Waals surface area contributed by atoms with E-state index in [4.69, 9.17) is 4.37 Å². The number of likely N-dealkylation sites (tertiary alicyclic amines) is 1. The zero-order valence-corrected chi connectivity index (χ0v) is 22.8. The maximum absolute atomic E-state index is 13.5. The van der Waals surface area contributed by atoms with Crippen molar-refractivity contribution in [2.45, 2.75) is 44.1 Å². The molecule has 3 aliphatic carbocycles. The standard InChI is InChI=1S/C30H38N4O3S/c1-2-30(37)16-21-15-23(30)26-25(21)28(35)34(29(26)36)18-20-8-4-3-7-19(20)17-32-11-13-33(14-12-32)27-22-9-5-6-10-24(22)38-31-27/h2,5-6,9-10,19-21,23,25-26,37H,1,3-4,7-8,11-18H2/t19?,20-,21-,23-,25-,26+,30-/m0/s1. The van der Waals surface area contributed by atoms with Gasteiger partial charge in [-0.05, 0) is 67.1 Å². The van der Waals surface area contributed by atoms with Crippen LogP contribution in [0.15, 0.2) is 36.9 Å². The molecule has 38 heavy (non-hydrogen) atoms. The fourth-order valence-electron chi connectivity index (χ4n) is 8.60. The number of carbonyl (C=O) groups excluding carboxylic acids is 2. The maximum Gasteiger partial charge on any atom is 0.233 e. The van der Waals surface area contributed by atoms with Crippen molar-refractivity contribution in [3.8, 4) is 0 Å². The van der Waals surface area contributed by atoms with Gasteiger partial charge in [-0.2, -0.15) is 4.37 Å². The van der Waals surface area contributed by atoms with Gasteiger partial charge in [0.25, 0.3) is 0 Å². The molecule has 0 spiro atoms. The Morgan fingerprint density at radius 2 is 1.74 bits per heavy atom. The molecule has 1 N–H and O–H groups in total. The summed E-state index contributed by atoms with van der Waals surface area (Å²) < 4.78 is 6.00. The summed E-state index contributed by atoms with van der Waals surface area (Å²) in [5.74, 6) is 1.41. The lowest BCUT2D eigenvalue weighted by molar-refractivity contribution is -0.142. The van der Waals surface area contributed by atoms with Crippen molar-refractivity contribution in [2.24, 2.45) is 35.5 Å². The van der Waals surface area contributed by atoms with Crippen molar-refractivity contribution in [1.29, 1.82) is 0 Å². The molecule has 1 unspecified atom stereocenters. The third kappa shape index (κ3) is 3.86. The Bertz CT molecular complexity index is 1260. The molecule has 1 aromatic carbocycles. The number of imide groups is 1. The van der Waals surface area contributed by atoms with E-state index < -0.39 is 5.60 Å². The van der Waals surface area contributed by atoms with Crippen molar-refractivity contribution in [3.63, 3.8) is 0 Å². The lowest BCUT2D eigenvalue weighted by atomic mass is 9.72. The number of rotatable bonds is 6. The highest BCUT2D eigenvalue weighted by Gasteiger charge is 2.67. The number of anilines is 1. The molecule has 7 atom stereocenters. The lowest BCUT2D eigenvalue weighted by Crippen LogP contribution is -2.49. The molecule has 2 aromatic rings. The SMILES string of the molecule is C=C[C@]1(O)C[C@@H]2C[C@H]1[C@H]1C(=O)N(C[C@@H]3CCCCC3CN3CCN(c4nsc5ccccc45)CC3)C(=O)[C@@H]21. The van der Waals surface area contributed by atoms with Crippen LogP contribution in [0.5, 0.6) is 0 Å². The summed E-state index contributed by atoms with van der Waals surface area (Å²) in [6, 6.07) is 8.48. The molecule has 7 nitrogen and oxygen atoms in total. The Balaban J connectivity index is 0.994. The van der Waals surface area contributed by atoms with E-state index in [1.54, 1.807) is 22.5 Å². The molecule has 2 aliphatic heterocycles. The van der Waals surface area contributed by atoms with E-state index in [0.717, 1.165) is 51.4 Å². The van der Waals surface area contributed by atoms with Gasteiger partial charge in [-0.25, -0.2) is 0 Å². The van der Waals surface area contributed by atoms with Gasteiger partial charge < -0.3 is 10.0 Å². The first-order valence-corrected chi connectivity index (χ1v) is 15.3. The van der Waals surface area contributed by atoms with E-state index in [0.29, 0.717) is 24.8 Å². The van der Waals surface area contributed by atoms with E-state index in [1.807, 2.05) is 0 Å². The number of aromatic nitrogens is 1. The van der Waals surface area contributed by atoms with Crippen molar-refractivity contribution >= 4 is 39.3 Å². The molecule has 1 aromatic heterocycles. The van der Waals surface area contributed by atoms with Gasteiger partial charge in [-0.15, -0.1) is 6.58 Å². The van der Waals surface area contributed by atoms with Crippen LogP contribution in [0.4, 0.5) is 5.82 Å². The highest BCUT2D eigenvalue weighted by Crippen LogP contribution is 2.60. The fourth-order valence-corrected chi connectivity index (χ4v) is 9.39. The summed E-state index contributed by atoms with van der Waals surface area (Å²) in [4.78, 5) is 33.6. The molecule has 0 radical (unpaired) electrons. The van der Waals surface area contributed by atoms with Crippen LogP contribution in [-0.4, -0.2) is 76.0 Å². The molecule has 5 aliphatic rings. The Labute approximate surface area is 228 Å². The maximum atomic E-state index is 13.5. The zero-order chi connectivity index (χ0) is 26.0. The van der Waals surface area contributed by atoms with Crippen LogP contribution < -0.4 is 4.90 Å². The summed E-state index contributed by atoms with van der Waals surface area (Å²) in [7, 11) is 0. The van der Waals surface area contributed by atoms with Crippen LogP contribution >= 0.6 is 11.5 Å². The quantitative estimate of drug-likeness (QED) is 0.449. The Kier molecular flexibility index (Phi) is 6.13. The highest BCUT2D eigenvalue weighted by atomic mass is 32.1. The number of amides is 2. The van der Waals surface area contributed by atoms with Gasteiger partial charge in [-0.1, -0.05) is 31.1 Å². The number of fused-ring (bicyclic) bond motifs is 6. The number of aliphatic hydroxyl groups is 1. The van der Waals surface area contributed by atoms with Crippen LogP contribution in [0.1, 0.15) is 38.5 Å². The van der Waals surface area contributed by atoms with Crippen LogP contribution in [0, 0.1) is 35.5 Å². The van der Waals surface area contributed by atoms with Gasteiger partial charge in [0, 0.05) is 50.6 Å². The first kappa shape index (κ1) is 24.7. The van der Waals surface area contributed by atoms with Crippen LogP contribution in [0.2, 0.25) is 0 Å². The van der Waals surface area contributed by atoms with Crippen molar-refractivity contribution in [3.05, 3.63) is 36.9 Å². The number of piperazine rings is 1. The monoisotopic (exact) mass is 534 g/mol. The minimum atomic E-state index is -0.988. The van der Waals surface area contributed by atoms with E-state index in [2.05, 4.69) is 40.6 Å². The smallest absolute Gasteiger partial charge is 0.233 e. The van der Waals surface area contributed by atoms with Crippen LogP contribution in [-0.2, 0) is 9.59 Å². The first-order chi connectivity index (χ1) is 18.5. The third-order valence-corrected chi connectivity index (χ3v) is 11.4. The van der Waals surface area contributed by atoms with Gasteiger partial charge in [0.05, 0.1) is 22.1 Å². The lowest BCUT2D eigenvalue weighted by Gasteiger charge is -2.40. The highest BCUT2D eigenvalue weighted by molar-refractivity contribution is 7.13. The van der Waals surface area contributed by atoms with Crippen LogP contribution in [0.25, 0.3) is 10.1 Å². The van der Waals surface area contributed by atoms with Gasteiger partial charge in [0.15, 0.2) is 0 Å². The van der Waals surface area contributed by atoms with Crippen LogP contribution in [0.3, 0.4) is 0 Å². The summed E-state index contributed by atoms with van der Waals surface area (Å²) in [5, 5.41) is 12.2. The minimum Gasteiger partial charge on any atom is -0.385 e. The molecule has 2 saturated heterocycles. The molecule has 8 heteroatoms. The van der Waals surface area contributed by atoms with E-state index >= 15 is 0 Å². The van der Waals surface area contributed by atoms with Gasteiger partial charge in [-0.3, -0.25) is 19.4 Å². The van der Waals surface area contributed by atoms with E-state index in [1.165, 1.54) is 29.3 Å². The van der Waals surface area contributed by atoms with E-state index in [-0.39, 0.29) is 35.5 Å². The number of carbonyl (C=O) groups is 2. The molecule has 3 saturated carbocycles. The second-order valence-corrected chi connectivity index (χ2v) is 13.2. The number of nitrogens with zero attached hydrogens (tertiary/aromatic N) is 4. The molecular formula is C30H38N4O3S. The minimum absolute atomic E-state index is 0.0269. The summed E-state index contributed by atoms with van der Waals surface area (Å²) in [6.45, 7) is 9.43. The second-order valence-electron chi connectivity index (χ2n) is 12.4. The number of hydrogen-bond donors (Lipinski definition) is 1. The molecule has 2 bridgehead atoms. The third-order valence-electron chi connectivity index (χ3n) is 10.6. The predicted octanol–water partition coefficient (Wildman–Crippen LogP) is 3.78. The number of hydrogen-bond acceptors (Lipinski definition) is 7.